The highest BCUT2D eigenvalue weighted by molar-refractivity contribution is 9.10. The predicted molar refractivity (Wildman–Crippen MR) is 69.5 cm³/mol. The maximum Gasteiger partial charge on any atom is 0.258 e. The van der Waals surface area contributed by atoms with E-state index in [1.54, 1.807) is 24.7 Å². The minimum atomic E-state index is 0.437. The fraction of sp³-hybridized carbons (Fsp3) is 0. The number of hydrogen-bond acceptors (Lipinski definition) is 5. The molecule has 0 saturated carbocycles. The first-order valence-electron chi connectivity index (χ1n) is 5.16. The van der Waals surface area contributed by atoms with Crippen molar-refractivity contribution in [1.29, 1.82) is 0 Å². The number of furan rings is 1. The molecule has 3 aromatic rings. The minimum Gasteiger partial charge on any atom is -0.472 e. The van der Waals surface area contributed by atoms with Crippen molar-refractivity contribution in [3.8, 4) is 22.8 Å². The summed E-state index contributed by atoms with van der Waals surface area (Å²) in [6, 6.07) is 7.21. The van der Waals surface area contributed by atoms with Gasteiger partial charge in [0.25, 0.3) is 5.89 Å². The van der Waals surface area contributed by atoms with Crippen LogP contribution in [0.3, 0.4) is 0 Å². The lowest BCUT2D eigenvalue weighted by atomic mass is 10.2. The second kappa shape index (κ2) is 4.30. The molecule has 0 spiro atoms. The van der Waals surface area contributed by atoms with E-state index < -0.39 is 0 Å². The van der Waals surface area contributed by atoms with Crippen molar-refractivity contribution in [1.82, 2.24) is 10.1 Å². The third-order valence-corrected chi connectivity index (χ3v) is 3.14. The zero-order valence-corrected chi connectivity index (χ0v) is 10.7. The molecule has 90 valence electrons. The van der Waals surface area contributed by atoms with Gasteiger partial charge < -0.3 is 14.7 Å². The molecule has 0 aliphatic rings. The van der Waals surface area contributed by atoms with E-state index in [1.165, 1.54) is 0 Å². The van der Waals surface area contributed by atoms with Crippen LogP contribution in [0.2, 0.25) is 0 Å². The van der Waals surface area contributed by atoms with Crippen LogP contribution in [0.25, 0.3) is 22.8 Å². The SMILES string of the molecule is Nc1ccc(-c2nc(-c3ccoc3)no2)cc1Br. The number of aromatic nitrogens is 2. The van der Waals surface area contributed by atoms with Gasteiger partial charge in [0, 0.05) is 15.7 Å². The fourth-order valence-corrected chi connectivity index (χ4v) is 1.89. The van der Waals surface area contributed by atoms with Gasteiger partial charge in [-0.15, -0.1) is 0 Å². The van der Waals surface area contributed by atoms with Crippen LogP contribution in [0.4, 0.5) is 5.69 Å². The molecule has 0 amide bonds. The average Bonchev–Trinajstić information content (AvgIpc) is 3.01. The Balaban J connectivity index is 2.00. The summed E-state index contributed by atoms with van der Waals surface area (Å²) in [6.07, 6.45) is 3.12. The molecule has 0 aliphatic carbocycles. The summed E-state index contributed by atoms with van der Waals surface area (Å²) in [7, 11) is 0. The molecule has 2 heterocycles. The van der Waals surface area contributed by atoms with Gasteiger partial charge in [-0.2, -0.15) is 4.98 Å². The Bertz CT molecular complexity index is 676. The molecule has 0 saturated heterocycles. The van der Waals surface area contributed by atoms with Crippen molar-refractivity contribution in [2.24, 2.45) is 0 Å². The first kappa shape index (κ1) is 11.0. The van der Waals surface area contributed by atoms with Gasteiger partial charge in [0.2, 0.25) is 5.82 Å². The maximum atomic E-state index is 5.72. The van der Waals surface area contributed by atoms with E-state index in [-0.39, 0.29) is 0 Å². The first-order valence-corrected chi connectivity index (χ1v) is 5.95. The summed E-state index contributed by atoms with van der Waals surface area (Å²) in [5.41, 5.74) is 7.97. The zero-order chi connectivity index (χ0) is 12.5. The molecular formula is C12H8BrN3O2. The van der Waals surface area contributed by atoms with Crippen LogP contribution in [0, 0.1) is 0 Å². The Morgan fingerprint density at radius 1 is 1.17 bits per heavy atom. The molecule has 2 aromatic heterocycles. The molecule has 0 unspecified atom stereocenters. The highest BCUT2D eigenvalue weighted by atomic mass is 79.9. The Morgan fingerprint density at radius 2 is 2.06 bits per heavy atom. The number of hydrogen-bond donors (Lipinski definition) is 1. The second-order valence-electron chi connectivity index (χ2n) is 3.67. The molecule has 1 aromatic carbocycles. The van der Waals surface area contributed by atoms with E-state index in [0.717, 1.165) is 15.6 Å². The molecular weight excluding hydrogens is 298 g/mol. The minimum absolute atomic E-state index is 0.437. The van der Waals surface area contributed by atoms with Crippen molar-refractivity contribution in [3.63, 3.8) is 0 Å². The lowest BCUT2D eigenvalue weighted by Gasteiger charge is -1.98. The second-order valence-corrected chi connectivity index (χ2v) is 4.53. The van der Waals surface area contributed by atoms with Gasteiger partial charge in [-0.1, -0.05) is 5.16 Å². The van der Waals surface area contributed by atoms with Gasteiger partial charge in [-0.3, -0.25) is 0 Å². The Labute approximate surface area is 111 Å². The van der Waals surface area contributed by atoms with Gasteiger partial charge in [-0.05, 0) is 40.2 Å². The molecule has 3 rings (SSSR count). The molecule has 0 fully saturated rings. The van der Waals surface area contributed by atoms with Gasteiger partial charge >= 0.3 is 0 Å². The van der Waals surface area contributed by atoms with E-state index in [0.29, 0.717) is 17.4 Å². The van der Waals surface area contributed by atoms with Crippen LogP contribution >= 0.6 is 15.9 Å². The largest absolute Gasteiger partial charge is 0.472 e. The van der Waals surface area contributed by atoms with E-state index in [1.807, 2.05) is 12.1 Å². The number of anilines is 1. The Morgan fingerprint density at radius 3 is 2.78 bits per heavy atom. The summed E-state index contributed by atoms with van der Waals surface area (Å²) >= 11 is 3.36. The summed E-state index contributed by atoms with van der Waals surface area (Å²) < 4.78 is 11.0. The molecule has 0 bridgehead atoms. The normalized spacial score (nSPS) is 10.7. The summed E-state index contributed by atoms with van der Waals surface area (Å²) in [6.45, 7) is 0. The monoisotopic (exact) mass is 305 g/mol. The van der Waals surface area contributed by atoms with E-state index in [2.05, 4.69) is 26.1 Å². The van der Waals surface area contributed by atoms with Crippen LogP contribution in [0.5, 0.6) is 0 Å². The van der Waals surface area contributed by atoms with Crippen molar-refractivity contribution in [2.75, 3.05) is 5.73 Å². The predicted octanol–water partition coefficient (Wildman–Crippen LogP) is 3.34. The van der Waals surface area contributed by atoms with Crippen LogP contribution in [0.1, 0.15) is 0 Å². The molecule has 18 heavy (non-hydrogen) atoms. The van der Waals surface area contributed by atoms with Crippen molar-refractivity contribution in [2.45, 2.75) is 0 Å². The summed E-state index contributed by atoms with van der Waals surface area (Å²) in [4.78, 5) is 4.29. The molecule has 0 radical (unpaired) electrons. The van der Waals surface area contributed by atoms with Gasteiger partial charge in [-0.25, -0.2) is 0 Å². The number of benzene rings is 1. The smallest absolute Gasteiger partial charge is 0.258 e. The number of halogens is 1. The molecule has 0 atom stereocenters. The highest BCUT2D eigenvalue weighted by Crippen LogP contribution is 2.27. The Kier molecular flexibility index (Phi) is 2.64. The van der Waals surface area contributed by atoms with Gasteiger partial charge in [0.05, 0.1) is 11.8 Å². The third kappa shape index (κ3) is 1.91. The maximum absolute atomic E-state index is 5.72. The highest BCUT2D eigenvalue weighted by Gasteiger charge is 2.12. The van der Waals surface area contributed by atoms with Crippen LogP contribution in [-0.4, -0.2) is 10.1 Å². The quantitative estimate of drug-likeness (QED) is 0.735. The number of nitrogens with two attached hydrogens (primary N) is 1. The fourth-order valence-electron chi connectivity index (χ4n) is 1.51. The van der Waals surface area contributed by atoms with E-state index in [9.17, 15) is 0 Å². The lowest BCUT2D eigenvalue weighted by molar-refractivity contribution is 0.432. The molecule has 2 N–H and O–H groups in total. The van der Waals surface area contributed by atoms with Gasteiger partial charge in [0.1, 0.15) is 6.26 Å². The lowest BCUT2D eigenvalue weighted by Crippen LogP contribution is -1.87. The first-order chi connectivity index (χ1) is 8.74. The standard InChI is InChI=1S/C12H8BrN3O2/c13-9-5-7(1-2-10(9)14)12-15-11(16-18-12)8-3-4-17-6-8/h1-6H,14H2. The van der Waals surface area contributed by atoms with Gasteiger partial charge in [0.15, 0.2) is 0 Å². The van der Waals surface area contributed by atoms with Crippen molar-refractivity contribution >= 4 is 21.6 Å². The number of nitrogens with zero attached hydrogens (tertiary/aromatic N) is 2. The summed E-state index contributed by atoms with van der Waals surface area (Å²) in [5, 5.41) is 3.89. The Hall–Kier alpha value is -2.08. The third-order valence-electron chi connectivity index (χ3n) is 2.45. The molecule has 6 heteroatoms. The average molecular weight is 306 g/mol. The summed E-state index contributed by atoms with van der Waals surface area (Å²) in [5.74, 6) is 0.929. The molecule has 5 nitrogen and oxygen atoms in total. The molecule has 0 aliphatic heterocycles. The van der Waals surface area contributed by atoms with E-state index >= 15 is 0 Å². The van der Waals surface area contributed by atoms with E-state index in [4.69, 9.17) is 14.7 Å². The number of nitrogen functional groups attached to an aromatic ring is 1. The van der Waals surface area contributed by atoms with Crippen molar-refractivity contribution < 1.29 is 8.94 Å². The van der Waals surface area contributed by atoms with Crippen LogP contribution in [-0.2, 0) is 0 Å². The zero-order valence-electron chi connectivity index (χ0n) is 9.13. The topological polar surface area (TPSA) is 78.1 Å². The van der Waals surface area contributed by atoms with Crippen molar-refractivity contribution in [3.05, 3.63) is 41.3 Å². The number of rotatable bonds is 2. The van der Waals surface area contributed by atoms with Crippen LogP contribution < -0.4 is 5.73 Å². The van der Waals surface area contributed by atoms with Crippen LogP contribution in [0.15, 0.2) is 50.2 Å².